The van der Waals surface area contributed by atoms with E-state index >= 15 is 0 Å². The van der Waals surface area contributed by atoms with Gasteiger partial charge in [-0.15, -0.1) is 11.3 Å². The number of halogens is 2. The molecular weight excluding hydrogens is 259 g/mol. The lowest BCUT2D eigenvalue weighted by Gasteiger charge is -2.22. The first-order valence-electron chi connectivity index (χ1n) is 5.20. The topological polar surface area (TPSA) is 20.2 Å². The molecule has 1 aromatic carbocycles. The van der Waals surface area contributed by atoms with E-state index in [2.05, 4.69) is 0 Å². The number of hydrogen-bond acceptors (Lipinski definition) is 2. The van der Waals surface area contributed by atoms with Gasteiger partial charge in [0.15, 0.2) is 0 Å². The molecule has 2 rings (SSSR count). The summed E-state index contributed by atoms with van der Waals surface area (Å²) in [5.74, 6) is -0.380. The van der Waals surface area contributed by atoms with Crippen LogP contribution in [0.4, 0.5) is 4.39 Å². The van der Waals surface area contributed by atoms with Gasteiger partial charge in [0.05, 0.1) is 0 Å². The number of hydrogen-bond donors (Lipinski definition) is 1. The Morgan fingerprint density at radius 2 is 2.12 bits per heavy atom. The van der Waals surface area contributed by atoms with E-state index < -0.39 is 5.60 Å². The quantitative estimate of drug-likeness (QED) is 0.894. The van der Waals surface area contributed by atoms with E-state index in [-0.39, 0.29) is 12.2 Å². The molecule has 1 aromatic heterocycles. The smallest absolute Gasteiger partial charge is 0.128 e. The van der Waals surface area contributed by atoms with E-state index in [1.165, 1.54) is 17.4 Å². The zero-order valence-electron chi connectivity index (χ0n) is 9.28. The Bertz CT molecular complexity index is 488. The Morgan fingerprint density at radius 1 is 1.35 bits per heavy atom. The van der Waals surface area contributed by atoms with E-state index in [1.807, 2.05) is 17.5 Å². The molecule has 1 nitrogen and oxygen atoms in total. The Morgan fingerprint density at radius 3 is 2.71 bits per heavy atom. The minimum Gasteiger partial charge on any atom is -0.384 e. The molecular formula is C13H12ClFOS. The fourth-order valence-electron chi connectivity index (χ4n) is 1.72. The summed E-state index contributed by atoms with van der Waals surface area (Å²) in [5.41, 5.74) is -0.743. The number of benzene rings is 1. The van der Waals surface area contributed by atoms with Gasteiger partial charge < -0.3 is 5.11 Å². The van der Waals surface area contributed by atoms with Gasteiger partial charge in [0.25, 0.3) is 0 Å². The van der Waals surface area contributed by atoms with Crippen molar-refractivity contribution in [1.29, 1.82) is 0 Å². The van der Waals surface area contributed by atoms with Gasteiger partial charge in [-0.1, -0.05) is 23.7 Å². The zero-order chi connectivity index (χ0) is 12.5. The molecule has 0 aliphatic rings. The van der Waals surface area contributed by atoms with Crippen molar-refractivity contribution >= 4 is 22.9 Å². The summed E-state index contributed by atoms with van der Waals surface area (Å²) in [4.78, 5) is 0.803. The van der Waals surface area contributed by atoms with Crippen molar-refractivity contribution in [3.63, 3.8) is 0 Å². The molecule has 0 spiro atoms. The van der Waals surface area contributed by atoms with E-state index in [1.54, 1.807) is 19.1 Å². The predicted molar refractivity (Wildman–Crippen MR) is 69.0 cm³/mol. The van der Waals surface area contributed by atoms with Crippen LogP contribution >= 0.6 is 22.9 Å². The molecule has 2 aromatic rings. The maximum Gasteiger partial charge on any atom is 0.128 e. The molecule has 0 saturated carbocycles. The van der Waals surface area contributed by atoms with Gasteiger partial charge in [-0.2, -0.15) is 0 Å². The minimum atomic E-state index is -1.10. The lowest BCUT2D eigenvalue weighted by atomic mass is 9.94. The van der Waals surface area contributed by atoms with Crippen LogP contribution in [0.25, 0.3) is 0 Å². The van der Waals surface area contributed by atoms with Crippen molar-refractivity contribution in [2.45, 2.75) is 18.9 Å². The molecule has 0 aliphatic heterocycles. The Balaban J connectivity index is 2.32. The molecule has 90 valence electrons. The fraction of sp³-hybridized carbons (Fsp3) is 0.231. The van der Waals surface area contributed by atoms with Crippen LogP contribution in [0.2, 0.25) is 5.02 Å². The summed E-state index contributed by atoms with van der Waals surface area (Å²) in [6, 6.07) is 8.23. The third kappa shape index (κ3) is 2.68. The van der Waals surface area contributed by atoms with Crippen molar-refractivity contribution in [3.8, 4) is 0 Å². The number of aliphatic hydroxyl groups is 1. The molecule has 4 heteroatoms. The standard InChI is InChI=1S/C13H12ClFOS/c1-13(16,12-6-3-7-17-12)8-9-10(14)4-2-5-11(9)15/h2-7,16H,8H2,1H3. The monoisotopic (exact) mass is 270 g/mol. The van der Waals surface area contributed by atoms with E-state index in [9.17, 15) is 9.50 Å². The molecule has 0 bridgehead atoms. The predicted octanol–water partition coefficient (Wildman–Crippen LogP) is 3.99. The highest BCUT2D eigenvalue weighted by Crippen LogP contribution is 2.32. The van der Waals surface area contributed by atoms with Crippen LogP contribution in [0, 0.1) is 5.82 Å². The van der Waals surface area contributed by atoms with Gasteiger partial charge >= 0.3 is 0 Å². The van der Waals surface area contributed by atoms with Crippen LogP contribution < -0.4 is 0 Å². The molecule has 17 heavy (non-hydrogen) atoms. The van der Waals surface area contributed by atoms with Crippen molar-refractivity contribution < 1.29 is 9.50 Å². The summed E-state index contributed by atoms with van der Waals surface area (Å²) >= 11 is 7.39. The summed E-state index contributed by atoms with van der Waals surface area (Å²) < 4.78 is 13.6. The second-order valence-corrected chi connectivity index (χ2v) is 5.48. The highest BCUT2D eigenvalue weighted by Gasteiger charge is 2.27. The second-order valence-electron chi connectivity index (χ2n) is 4.13. The lowest BCUT2D eigenvalue weighted by molar-refractivity contribution is 0.0606. The summed E-state index contributed by atoms with van der Waals surface area (Å²) in [6.45, 7) is 1.67. The first-order chi connectivity index (χ1) is 8.00. The molecule has 0 aliphatic carbocycles. The van der Waals surface area contributed by atoms with Crippen LogP contribution in [-0.4, -0.2) is 5.11 Å². The summed E-state index contributed by atoms with van der Waals surface area (Å²) in [5, 5.41) is 12.6. The highest BCUT2D eigenvalue weighted by atomic mass is 35.5. The maximum atomic E-state index is 13.6. The molecule has 1 unspecified atom stereocenters. The average Bonchev–Trinajstić information content (AvgIpc) is 2.77. The van der Waals surface area contributed by atoms with Crippen LogP contribution in [0.1, 0.15) is 17.4 Å². The Hall–Kier alpha value is -0.900. The first-order valence-corrected chi connectivity index (χ1v) is 6.46. The molecule has 0 fully saturated rings. The van der Waals surface area contributed by atoms with E-state index in [0.29, 0.717) is 10.6 Å². The third-order valence-electron chi connectivity index (χ3n) is 2.63. The SMILES string of the molecule is CC(O)(Cc1c(F)cccc1Cl)c1cccs1. The lowest BCUT2D eigenvalue weighted by Crippen LogP contribution is -2.23. The zero-order valence-corrected chi connectivity index (χ0v) is 10.9. The first kappa shape index (κ1) is 12.6. The van der Waals surface area contributed by atoms with Crippen LogP contribution in [0.15, 0.2) is 35.7 Å². The van der Waals surface area contributed by atoms with E-state index in [0.717, 1.165) is 4.88 Å². The Kier molecular flexibility index (Phi) is 3.52. The maximum absolute atomic E-state index is 13.6. The highest BCUT2D eigenvalue weighted by molar-refractivity contribution is 7.10. The van der Waals surface area contributed by atoms with Crippen LogP contribution in [-0.2, 0) is 12.0 Å². The molecule has 0 saturated heterocycles. The molecule has 0 amide bonds. The average molecular weight is 271 g/mol. The molecule has 1 heterocycles. The van der Waals surface area contributed by atoms with Crippen molar-refractivity contribution in [1.82, 2.24) is 0 Å². The molecule has 0 radical (unpaired) electrons. The fourth-order valence-corrected chi connectivity index (χ4v) is 2.73. The van der Waals surface area contributed by atoms with Gasteiger partial charge in [0.1, 0.15) is 11.4 Å². The van der Waals surface area contributed by atoms with Crippen LogP contribution in [0.3, 0.4) is 0 Å². The summed E-state index contributed by atoms with van der Waals surface area (Å²) in [6.07, 6.45) is 0.166. The number of rotatable bonds is 3. The van der Waals surface area contributed by atoms with Gasteiger partial charge in [0, 0.05) is 21.9 Å². The van der Waals surface area contributed by atoms with Crippen molar-refractivity contribution in [2.75, 3.05) is 0 Å². The minimum absolute atomic E-state index is 0.166. The normalized spacial score (nSPS) is 14.6. The van der Waals surface area contributed by atoms with Gasteiger partial charge in [0.2, 0.25) is 0 Å². The van der Waals surface area contributed by atoms with Gasteiger partial charge in [-0.05, 0) is 30.5 Å². The van der Waals surface area contributed by atoms with E-state index in [4.69, 9.17) is 11.6 Å². The second kappa shape index (κ2) is 4.77. The van der Waals surface area contributed by atoms with Gasteiger partial charge in [-0.25, -0.2) is 4.39 Å². The van der Waals surface area contributed by atoms with Gasteiger partial charge in [-0.3, -0.25) is 0 Å². The largest absolute Gasteiger partial charge is 0.384 e. The Labute approximate surface area is 108 Å². The molecule has 1 N–H and O–H groups in total. The number of thiophene rings is 1. The third-order valence-corrected chi connectivity index (χ3v) is 4.11. The molecule has 1 atom stereocenters. The van der Waals surface area contributed by atoms with Crippen molar-refractivity contribution in [3.05, 3.63) is 57.0 Å². The van der Waals surface area contributed by atoms with Crippen LogP contribution in [0.5, 0.6) is 0 Å². The summed E-state index contributed by atoms with van der Waals surface area (Å²) in [7, 11) is 0. The van der Waals surface area contributed by atoms with Crippen molar-refractivity contribution in [2.24, 2.45) is 0 Å².